The number of nitrogens with one attached hydrogen (secondary N) is 1. The van der Waals surface area contributed by atoms with Crippen LogP contribution in [-0.4, -0.2) is 35.1 Å². The summed E-state index contributed by atoms with van der Waals surface area (Å²) in [6.07, 6.45) is -4.53. The maximum Gasteiger partial charge on any atom is 0.416 e. The number of alkyl halides is 3. The van der Waals surface area contributed by atoms with Crippen LogP contribution in [0.5, 0.6) is 0 Å². The fourth-order valence-electron chi connectivity index (χ4n) is 2.17. The van der Waals surface area contributed by atoms with Gasteiger partial charge in [0, 0.05) is 12.2 Å². The average molecular weight is 344 g/mol. The number of carbonyl (C=O) groups is 2. The van der Waals surface area contributed by atoms with Crippen LogP contribution < -0.4 is 5.32 Å². The molecule has 1 fully saturated rings. The van der Waals surface area contributed by atoms with E-state index in [1.807, 2.05) is 0 Å². The minimum Gasteiger partial charge on any atom is -0.444 e. The summed E-state index contributed by atoms with van der Waals surface area (Å²) in [5, 5.41) is 2.51. The third-order valence-corrected chi connectivity index (χ3v) is 3.43. The number of nitrogens with zero attached hydrogens (tertiary/aromatic N) is 1. The van der Waals surface area contributed by atoms with Gasteiger partial charge in [0.05, 0.1) is 5.56 Å². The van der Waals surface area contributed by atoms with Crippen LogP contribution in [0.1, 0.15) is 32.8 Å². The smallest absolute Gasteiger partial charge is 0.416 e. The number of amides is 2. The summed E-state index contributed by atoms with van der Waals surface area (Å²) in [5.41, 5.74) is -1.22. The van der Waals surface area contributed by atoms with E-state index in [9.17, 15) is 22.8 Å². The Kier molecular flexibility index (Phi) is 4.77. The van der Waals surface area contributed by atoms with Gasteiger partial charge in [0.1, 0.15) is 11.6 Å². The lowest BCUT2D eigenvalue weighted by Gasteiger charge is -2.40. The van der Waals surface area contributed by atoms with Gasteiger partial charge >= 0.3 is 12.3 Å². The standard InChI is InChI=1S/C16H19F3N2O3/c1-15(2,3)24-14(23)21-9-8-12(21)13(22)20-11-6-4-10(5-7-11)16(17,18)19/h4-7,12H,8-9H2,1-3H3,(H,20,22)/t12-/m0/s1. The number of likely N-dealkylation sites (tertiary alicyclic amines) is 1. The molecule has 0 spiro atoms. The minimum absolute atomic E-state index is 0.240. The largest absolute Gasteiger partial charge is 0.444 e. The van der Waals surface area contributed by atoms with Gasteiger partial charge in [0.15, 0.2) is 0 Å². The lowest BCUT2D eigenvalue weighted by atomic mass is 10.0. The quantitative estimate of drug-likeness (QED) is 0.891. The van der Waals surface area contributed by atoms with Gasteiger partial charge in [-0.2, -0.15) is 13.2 Å². The van der Waals surface area contributed by atoms with Crippen LogP contribution in [0.2, 0.25) is 0 Å². The van der Waals surface area contributed by atoms with Crippen LogP contribution in [0.3, 0.4) is 0 Å². The first kappa shape index (κ1) is 18.1. The topological polar surface area (TPSA) is 58.6 Å². The van der Waals surface area contributed by atoms with Gasteiger partial charge in [0.25, 0.3) is 0 Å². The highest BCUT2D eigenvalue weighted by Gasteiger charge is 2.40. The van der Waals surface area contributed by atoms with Gasteiger partial charge in [-0.1, -0.05) is 0 Å². The van der Waals surface area contributed by atoms with E-state index in [4.69, 9.17) is 4.74 Å². The Morgan fingerprint density at radius 2 is 1.75 bits per heavy atom. The van der Waals surface area contributed by atoms with Crippen molar-refractivity contribution < 1.29 is 27.5 Å². The molecule has 132 valence electrons. The van der Waals surface area contributed by atoms with Crippen molar-refractivity contribution in [2.24, 2.45) is 0 Å². The molecule has 1 heterocycles. The Bertz CT molecular complexity index is 621. The molecule has 1 aliphatic heterocycles. The molecule has 2 amide bonds. The molecule has 0 aliphatic carbocycles. The molecule has 2 rings (SSSR count). The Morgan fingerprint density at radius 1 is 1.17 bits per heavy atom. The van der Waals surface area contributed by atoms with Crippen molar-refractivity contribution in [1.29, 1.82) is 0 Å². The Hall–Kier alpha value is -2.25. The van der Waals surface area contributed by atoms with Crippen LogP contribution in [0.25, 0.3) is 0 Å². The Labute approximate surface area is 137 Å². The molecule has 0 unspecified atom stereocenters. The Balaban J connectivity index is 1.96. The second-order valence-electron chi connectivity index (χ2n) is 6.54. The molecule has 5 nitrogen and oxygen atoms in total. The zero-order valence-electron chi connectivity index (χ0n) is 13.6. The van der Waals surface area contributed by atoms with E-state index in [1.54, 1.807) is 20.8 Å². The van der Waals surface area contributed by atoms with E-state index in [-0.39, 0.29) is 5.69 Å². The van der Waals surface area contributed by atoms with E-state index in [1.165, 1.54) is 17.0 Å². The molecule has 0 aromatic heterocycles. The highest BCUT2D eigenvalue weighted by atomic mass is 19.4. The zero-order valence-corrected chi connectivity index (χ0v) is 13.6. The zero-order chi connectivity index (χ0) is 18.1. The normalized spacial score (nSPS) is 17.9. The molecule has 0 saturated carbocycles. The fraction of sp³-hybridized carbons (Fsp3) is 0.500. The summed E-state index contributed by atoms with van der Waals surface area (Å²) in [6, 6.07) is 3.46. The van der Waals surface area contributed by atoms with Gasteiger partial charge in [-0.05, 0) is 51.5 Å². The lowest BCUT2D eigenvalue weighted by molar-refractivity contribution is -0.137. The number of rotatable bonds is 2. The van der Waals surface area contributed by atoms with Gasteiger partial charge in [-0.3, -0.25) is 9.69 Å². The summed E-state index contributed by atoms with van der Waals surface area (Å²) < 4.78 is 42.7. The van der Waals surface area contributed by atoms with Gasteiger partial charge in [-0.25, -0.2) is 4.79 Å². The number of hydrogen-bond donors (Lipinski definition) is 1. The molecular formula is C16H19F3N2O3. The molecule has 1 N–H and O–H groups in total. The van der Waals surface area contributed by atoms with E-state index >= 15 is 0 Å². The maximum atomic E-state index is 12.5. The van der Waals surface area contributed by atoms with Crippen molar-refractivity contribution >= 4 is 17.7 Å². The van der Waals surface area contributed by atoms with Crippen LogP contribution in [0.15, 0.2) is 24.3 Å². The van der Waals surface area contributed by atoms with Crippen LogP contribution in [0, 0.1) is 0 Å². The number of halogens is 3. The van der Waals surface area contributed by atoms with Gasteiger partial charge in [-0.15, -0.1) is 0 Å². The number of anilines is 1. The maximum absolute atomic E-state index is 12.5. The van der Waals surface area contributed by atoms with Crippen molar-refractivity contribution in [2.75, 3.05) is 11.9 Å². The van der Waals surface area contributed by atoms with Gasteiger partial charge < -0.3 is 10.1 Å². The molecule has 1 aromatic carbocycles. The predicted octanol–water partition coefficient (Wildman–Crippen LogP) is 3.65. The third-order valence-electron chi connectivity index (χ3n) is 3.43. The second-order valence-corrected chi connectivity index (χ2v) is 6.54. The molecule has 0 bridgehead atoms. The number of carbonyl (C=O) groups excluding carboxylic acids is 2. The molecule has 1 saturated heterocycles. The van der Waals surface area contributed by atoms with Crippen molar-refractivity contribution in [1.82, 2.24) is 4.90 Å². The number of benzene rings is 1. The summed E-state index contributed by atoms with van der Waals surface area (Å²) in [7, 11) is 0. The van der Waals surface area contributed by atoms with E-state index in [0.29, 0.717) is 13.0 Å². The highest BCUT2D eigenvalue weighted by Crippen LogP contribution is 2.30. The molecular weight excluding hydrogens is 325 g/mol. The highest BCUT2D eigenvalue weighted by molar-refractivity contribution is 5.97. The lowest BCUT2D eigenvalue weighted by Crippen LogP contribution is -2.57. The Morgan fingerprint density at radius 3 is 2.17 bits per heavy atom. The first-order valence-corrected chi connectivity index (χ1v) is 7.45. The number of hydrogen-bond acceptors (Lipinski definition) is 3. The third kappa shape index (κ3) is 4.39. The van der Waals surface area contributed by atoms with Crippen LogP contribution in [-0.2, 0) is 15.7 Å². The first-order chi connectivity index (χ1) is 11.0. The summed E-state index contributed by atoms with van der Waals surface area (Å²) in [4.78, 5) is 25.4. The summed E-state index contributed by atoms with van der Waals surface area (Å²) in [6.45, 7) is 5.58. The number of ether oxygens (including phenoxy) is 1. The fourth-order valence-corrected chi connectivity index (χ4v) is 2.17. The minimum atomic E-state index is -4.43. The van der Waals surface area contributed by atoms with E-state index < -0.39 is 35.4 Å². The summed E-state index contributed by atoms with van der Waals surface area (Å²) in [5.74, 6) is -0.452. The van der Waals surface area contributed by atoms with E-state index in [0.717, 1.165) is 12.1 Å². The molecule has 24 heavy (non-hydrogen) atoms. The second kappa shape index (κ2) is 6.33. The van der Waals surface area contributed by atoms with Crippen LogP contribution >= 0.6 is 0 Å². The van der Waals surface area contributed by atoms with Crippen molar-refractivity contribution in [3.63, 3.8) is 0 Å². The van der Waals surface area contributed by atoms with Crippen molar-refractivity contribution in [3.8, 4) is 0 Å². The molecule has 0 radical (unpaired) electrons. The van der Waals surface area contributed by atoms with Gasteiger partial charge in [0.2, 0.25) is 5.91 Å². The first-order valence-electron chi connectivity index (χ1n) is 7.45. The van der Waals surface area contributed by atoms with Crippen molar-refractivity contribution in [2.45, 2.75) is 45.0 Å². The monoisotopic (exact) mass is 344 g/mol. The molecule has 1 aromatic rings. The van der Waals surface area contributed by atoms with E-state index in [2.05, 4.69) is 5.32 Å². The molecule has 8 heteroatoms. The predicted molar refractivity (Wildman–Crippen MR) is 81.4 cm³/mol. The van der Waals surface area contributed by atoms with Crippen LogP contribution in [0.4, 0.5) is 23.7 Å². The average Bonchev–Trinajstić information content (AvgIpc) is 2.34. The summed E-state index contributed by atoms with van der Waals surface area (Å²) >= 11 is 0. The SMILES string of the molecule is CC(C)(C)OC(=O)N1CC[C@H]1C(=O)Nc1ccc(C(F)(F)F)cc1. The van der Waals surface area contributed by atoms with Crippen molar-refractivity contribution in [3.05, 3.63) is 29.8 Å². The molecule has 1 aliphatic rings. The molecule has 1 atom stereocenters.